The minimum Gasteiger partial charge on any atom is -0.397 e. The van der Waals surface area contributed by atoms with Gasteiger partial charge in [-0.25, -0.2) is 4.98 Å². The second kappa shape index (κ2) is 5.13. The summed E-state index contributed by atoms with van der Waals surface area (Å²) < 4.78 is 0. The standard InChI is InChI=1S/C12H17N5O2/c13-8-4-9(11(15)19)12(16-5-8)17-3-1-2-7(6-17)10(14)18/h4-5,7H,1-3,6,13H2,(H2,14,18)(H2,15,19). The third-order valence-corrected chi connectivity index (χ3v) is 3.28. The Bertz CT molecular complexity index is 517. The SMILES string of the molecule is NC(=O)c1cc(N)cnc1N1CCCC(C(N)=O)C1. The minimum absolute atomic E-state index is 0.228. The van der Waals surface area contributed by atoms with Crippen LogP contribution in [0.2, 0.25) is 0 Å². The summed E-state index contributed by atoms with van der Waals surface area (Å²) in [4.78, 5) is 28.7. The minimum atomic E-state index is -0.587. The van der Waals surface area contributed by atoms with Crippen LogP contribution in [-0.2, 0) is 4.79 Å². The van der Waals surface area contributed by atoms with Gasteiger partial charge >= 0.3 is 0 Å². The number of primary amides is 2. The number of nitrogens with two attached hydrogens (primary N) is 3. The van der Waals surface area contributed by atoms with Crippen LogP contribution in [0.4, 0.5) is 11.5 Å². The highest BCUT2D eigenvalue weighted by atomic mass is 16.1. The maximum absolute atomic E-state index is 11.4. The van der Waals surface area contributed by atoms with Gasteiger partial charge < -0.3 is 22.1 Å². The van der Waals surface area contributed by atoms with Crippen LogP contribution < -0.4 is 22.1 Å². The molecule has 2 rings (SSSR count). The van der Waals surface area contributed by atoms with E-state index in [2.05, 4.69) is 4.98 Å². The molecule has 0 saturated carbocycles. The summed E-state index contributed by atoms with van der Waals surface area (Å²) in [5, 5.41) is 0. The third kappa shape index (κ3) is 2.75. The van der Waals surface area contributed by atoms with Crippen molar-refractivity contribution in [3.63, 3.8) is 0 Å². The number of rotatable bonds is 3. The molecule has 1 fully saturated rings. The van der Waals surface area contributed by atoms with E-state index in [0.717, 1.165) is 12.8 Å². The van der Waals surface area contributed by atoms with Crippen molar-refractivity contribution >= 4 is 23.3 Å². The highest BCUT2D eigenvalue weighted by molar-refractivity contribution is 5.98. The number of pyridine rings is 1. The predicted molar refractivity (Wildman–Crippen MR) is 71.3 cm³/mol. The molecule has 0 aromatic carbocycles. The van der Waals surface area contributed by atoms with Crippen molar-refractivity contribution in [3.05, 3.63) is 17.8 Å². The monoisotopic (exact) mass is 263 g/mol. The summed E-state index contributed by atoms with van der Waals surface area (Å²) in [6.45, 7) is 1.16. The highest BCUT2D eigenvalue weighted by Crippen LogP contribution is 2.25. The van der Waals surface area contributed by atoms with Gasteiger partial charge in [-0.1, -0.05) is 0 Å². The van der Waals surface area contributed by atoms with Gasteiger partial charge in [0.25, 0.3) is 5.91 Å². The van der Waals surface area contributed by atoms with E-state index in [0.29, 0.717) is 24.6 Å². The van der Waals surface area contributed by atoms with E-state index in [1.54, 1.807) is 0 Å². The van der Waals surface area contributed by atoms with E-state index in [-0.39, 0.29) is 17.4 Å². The molecule has 0 aliphatic carbocycles. The number of anilines is 2. The van der Waals surface area contributed by atoms with Gasteiger partial charge in [0.05, 0.1) is 23.4 Å². The summed E-state index contributed by atoms with van der Waals surface area (Å²) >= 11 is 0. The Morgan fingerprint density at radius 2 is 2.11 bits per heavy atom. The molecule has 1 aliphatic heterocycles. The fourth-order valence-corrected chi connectivity index (χ4v) is 2.31. The van der Waals surface area contributed by atoms with Crippen LogP contribution in [0.15, 0.2) is 12.3 Å². The Hall–Kier alpha value is -2.31. The lowest BCUT2D eigenvalue weighted by molar-refractivity contribution is -0.122. The largest absolute Gasteiger partial charge is 0.397 e. The highest BCUT2D eigenvalue weighted by Gasteiger charge is 2.27. The molecule has 1 aromatic rings. The van der Waals surface area contributed by atoms with E-state index >= 15 is 0 Å². The smallest absolute Gasteiger partial charge is 0.252 e. The molecule has 19 heavy (non-hydrogen) atoms. The van der Waals surface area contributed by atoms with Crippen molar-refractivity contribution < 1.29 is 9.59 Å². The molecular weight excluding hydrogens is 246 g/mol. The molecule has 7 nitrogen and oxygen atoms in total. The van der Waals surface area contributed by atoms with Gasteiger partial charge in [0.1, 0.15) is 5.82 Å². The van der Waals surface area contributed by atoms with Crippen molar-refractivity contribution in [2.45, 2.75) is 12.8 Å². The third-order valence-electron chi connectivity index (χ3n) is 3.28. The Kier molecular flexibility index (Phi) is 3.55. The molecule has 1 atom stereocenters. The zero-order chi connectivity index (χ0) is 14.0. The summed E-state index contributed by atoms with van der Waals surface area (Å²) in [7, 11) is 0. The van der Waals surface area contributed by atoms with Crippen LogP contribution in [0.3, 0.4) is 0 Å². The molecule has 102 valence electrons. The van der Waals surface area contributed by atoms with Crippen LogP contribution >= 0.6 is 0 Å². The number of piperidine rings is 1. The first-order chi connectivity index (χ1) is 8.99. The van der Waals surface area contributed by atoms with Crippen LogP contribution in [0.25, 0.3) is 0 Å². The molecule has 1 aromatic heterocycles. The first kappa shape index (κ1) is 13.1. The number of nitrogens with zero attached hydrogens (tertiary/aromatic N) is 2. The molecule has 0 radical (unpaired) electrons. The normalized spacial score (nSPS) is 19.2. The molecule has 1 aliphatic rings. The number of aromatic nitrogens is 1. The van der Waals surface area contributed by atoms with E-state index in [1.165, 1.54) is 12.3 Å². The first-order valence-corrected chi connectivity index (χ1v) is 6.08. The quantitative estimate of drug-likeness (QED) is 0.675. The number of nitrogen functional groups attached to an aromatic ring is 1. The van der Waals surface area contributed by atoms with Gasteiger partial charge in [-0.05, 0) is 18.9 Å². The second-order valence-corrected chi connectivity index (χ2v) is 4.69. The summed E-state index contributed by atoms with van der Waals surface area (Å²) in [5.41, 5.74) is 16.9. The van der Waals surface area contributed by atoms with Crippen molar-refractivity contribution in [1.82, 2.24) is 4.98 Å². The molecule has 6 N–H and O–H groups in total. The van der Waals surface area contributed by atoms with Gasteiger partial charge in [-0.3, -0.25) is 9.59 Å². The lowest BCUT2D eigenvalue weighted by atomic mass is 9.97. The molecule has 0 spiro atoms. The van der Waals surface area contributed by atoms with E-state index in [4.69, 9.17) is 17.2 Å². The van der Waals surface area contributed by atoms with E-state index in [1.807, 2.05) is 4.90 Å². The number of hydrogen-bond donors (Lipinski definition) is 3. The lowest BCUT2D eigenvalue weighted by Gasteiger charge is -2.32. The number of amides is 2. The Labute approximate surface area is 110 Å². The zero-order valence-corrected chi connectivity index (χ0v) is 10.5. The van der Waals surface area contributed by atoms with Gasteiger partial charge in [-0.2, -0.15) is 0 Å². The van der Waals surface area contributed by atoms with Gasteiger partial charge in [-0.15, -0.1) is 0 Å². The summed E-state index contributed by atoms with van der Waals surface area (Å²) in [6, 6.07) is 1.50. The van der Waals surface area contributed by atoms with Gasteiger partial charge in [0, 0.05) is 13.1 Å². The number of carbonyl (C=O) groups excluding carboxylic acids is 2. The van der Waals surface area contributed by atoms with E-state index < -0.39 is 5.91 Å². The fourth-order valence-electron chi connectivity index (χ4n) is 2.31. The van der Waals surface area contributed by atoms with Gasteiger partial charge in [0.15, 0.2) is 0 Å². The molecule has 7 heteroatoms. The van der Waals surface area contributed by atoms with E-state index in [9.17, 15) is 9.59 Å². The van der Waals surface area contributed by atoms with Crippen LogP contribution in [0, 0.1) is 5.92 Å². The number of hydrogen-bond acceptors (Lipinski definition) is 5. The Morgan fingerprint density at radius 3 is 2.74 bits per heavy atom. The number of carbonyl (C=O) groups is 2. The maximum Gasteiger partial charge on any atom is 0.252 e. The first-order valence-electron chi connectivity index (χ1n) is 6.08. The van der Waals surface area contributed by atoms with Crippen molar-refractivity contribution in [3.8, 4) is 0 Å². The van der Waals surface area contributed by atoms with Crippen molar-refractivity contribution in [2.75, 3.05) is 23.7 Å². The van der Waals surface area contributed by atoms with Gasteiger partial charge in [0.2, 0.25) is 5.91 Å². The Balaban J connectivity index is 2.30. The van der Waals surface area contributed by atoms with Crippen LogP contribution in [0.1, 0.15) is 23.2 Å². The molecular formula is C12H17N5O2. The molecule has 1 saturated heterocycles. The summed E-state index contributed by atoms with van der Waals surface area (Å²) in [5.74, 6) is -0.682. The lowest BCUT2D eigenvalue weighted by Crippen LogP contribution is -2.42. The molecule has 2 heterocycles. The molecule has 1 unspecified atom stereocenters. The molecule has 0 bridgehead atoms. The topological polar surface area (TPSA) is 128 Å². The van der Waals surface area contributed by atoms with Crippen molar-refractivity contribution in [2.24, 2.45) is 17.4 Å². The fraction of sp³-hybridized carbons (Fsp3) is 0.417. The average molecular weight is 263 g/mol. The predicted octanol–water partition coefficient (Wildman–Crippen LogP) is -0.536. The maximum atomic E-state index is 11.4. The Morgan fingerprint density at radius 1 is 1.37 bits per heavy atom. The summed E-state index contributed by atoms with van der Waals surface area (Å²) in [6.07, 6.45) is 3.04. The second-order valence-electron chi connectivity index (χ2n) is 4.69. The van der Waals surface area contributed by atoms with Crippen molar-refractivity contribution in [1.29, 1.82) is 0 Å². The van der Waals surface area contributed by atoms with Crippen LogP contribution in [0.5, 0.6) is 0 Å². The van der Waals surface area contributed by atoms with Crippen LogP contribution in [-0.4, -0.2) is 29.9 Å². The molecule has 2 amide bonds. The zero-order valence-electron chi connectivity index (χ0n) is 10.5. The average Bonchev–Trinajstić information content (AvgIpc) is 2.38.